The molecule has 0 aromatic carbocycles. The summed E-state index contributed by atoms with van der Waals surface area (Å²) in [5.74, 6) is 0.139. The summed E-state index contributed by atoms with van der Waals surface area (Å²) in [7, 11) is 1.63. The molecule has 8 heteroatoms. The number of methoxy groups -OCH3 is 1. The molecule has 1 fully saturated rings. The summed E-state index contributed by atoms with van der Waals surface area (Å²) in [4.78, 5) is 35.0. The van der Waals surface area contributed by atoms with Crippen molar-refractivity contribution in [3.8, 4) is 0 Å². The second-order valence-corrected chi connectivity index (χ2v) is 9.92. The molecule has 3 heterocycles. The minimum Gasteiger partial charge on any atom is -0.383 e. The topological polar surface area (TPSA) is 64.4 Å². The molecule has 2 aromatic rings. The predicted octanol–water partition coefficient (Wildman–Crippen LogP) is 3.09. The van der Waals surface area contributed by atoms with Gasteiger partial charge in [0.15, 0.2) is 5.16 Å². The standard InChI is InChI=1S/C20H27N3O3S2/c1-13(18(24)22-9-5-6-10-22)27-20-21-17-16(19(25)23(20)11-12-26-2)14-7-3-4-8-15(14)28-17/h13H,3-12H2,1-2H3/t13-/m0/s1. The lowest BCUT2D eigenvalue weighted by Gasteiger charge is -2.21. The number of carbonyl (C=O) groups is 1. The zero-order valence-corrected chi connectivity index (χ0v) is 18.2. The van der Waals surface area contributed by atoms with Gasteiger partial charge in [-0.05, 0) is 51.0 Å². The molecule has 2 aromatic heterocycles. The van der Waals surface area contributed by atoms with E-state index in [4.69, 9.17) is 9.72 Å². The van der Waals surface area contributed by atoms with Crippen LogP contribution in [0.3, 0.4) is 0 Å². The highest BCUT2D eigenvalue weighted by atomic mass is 32.2. The first-order chi connectivity index (χ1) is 13.6. The van der Waals surface area contributed by atoms with Crippen LogP contribution in [-0.4, -0.2) is 52.4 Å². The minimum absolute atomic E-state index is 0.0183. The maximum Gasteiger partial charge on any atom is 0.263 e. The van der Waals surface area contributed by atoms with Crippen molar-refractivity contribution in [2.75, 3.05) is 26.8 Å². The Morgan fingerprint density at radius 2 is 2.00 bits per heavy atom. The van der Waals surface area contributed by atoms with Crippen LogP contribution in [0.15, 0.2) is 9.95 Å². The first kappa shape index (κ1) is 19.9. The van der Waals surface area contributed by atoms with Crippen LogP contribution < -0.4 is 5.56 Å². The van der Waals surface area contributed by atoms with Gasteiger partial charge in [-0.2, -0.15) is 0 Å². The minimum atomic E-state index is -0.258. The number of amides is 1. The first-order valence-electron chi connectivity index (χ1n) is 10.1. The molecule has 1 atom stereocenters. The fourth-order valence-corrected chi connectivity index (χ4v) is 6.41. The summed E-state index contributed by atoms with van der Waals surface area (Å²) >= 11 is 3.06. The third-order valence-electron chi connectivity index (χ3n) is 5.61. The van der Waals surface area contributed by atoms with Gasteiger partial charge in [-0.15, -0.1) is 11.3 Å². The van der Waals surface area contributed by atoms with Gasteiger partial charge in [0.25, 0.3) is 5.56 Å². The average molecular weight is 422 g/mol. The fourth-order valence-electron chi connectivity index (χ4n) is 4.09. The van der Waals surface area contributed by atoms with Gasteiger partial charge in [-0.25, -0.2) is 4.98 Å². The summed E-state index contributed by atoms with van der Waals surface area (Å²) in [5.41, 5.74) is 1.22. The number of likely N-dealkylation sites (tertiary alicyclic amines) is 1. The number of rotatable bonds is 6. The lowest BCUT2D eigenvalue weighted by molar-refractivity contribution is -0.129. The monoisotopic (exact) mass is 421 g/mol. The van der Waals surface area contributed by atoms with Crippen LogP contribution in [0.2, 0.25) is 0 Å². The van der Waals surface area contributed by atoms with Gasteiger partial charge in [0, 0.05) is 25.1 Å². The molecule has 28 heavy (non-hydrogen) atoms. The molecule has 0 bridgehead atoms. The van der Waals surface area contributed by atoms with Gasteiger partial charge in [-0.1, -0.05) is 11.8 Å². The molecule has 6 nitrogen and oxygen atoms in total. The Bertz CT molecular complexity index is 931. The summed E-state index contributed by atoms with van der Waals surface area (Å²) in [6.45, 7) is 4.49. The normalized spacial score (nSPS) is 17.9. The zero-order chi connectivity index (χ0) is 19.7. The van der Waals surface area contributed by atoms with Crippen molar-refractivity contribution >= 4 is 39.2 Å². The molecule has 0 spiro atoms. The molecule has 1 aliphatic carbocycles. The molecule has 0 radical (unpaired) electrons. The molecule has 2 aliphatic rings. The largest absolute Gasteiger partial charge is 0.383 e. The van der Waals surface area contributed by atoms with Crippen LogP contribution in [0, 0.1) is 0 Å². The number of fused-ring (bicyclic) bond motifs is 3. The van der Waals surface area contributed by atoms with Crippen LogP contribution in [0.1, 0.15) is 43.0 Å². The van der Waals surface area contributed by atoms with Crippen molar-refractivity contribution in [3.63, 3.8) is 0 Å². The number of nitrogens with zero attached hydrogens (tertiary/aromatic N) is 3. The number of hydrogen-bond donors (Lipinski definition) is 0. The lowest BCUT2D eigenvalue weighted by Crippen LogP contribution is -2.35. The van der Waals surface area contributed by atoms with Crippen LogP contribution in [0.5, 0.6) is 0 Å². The average Bonchev–Trinajstić information content (AvgIpc) is 3.34. The Labute approximate surface area is 173 Å². The molecule has 1 amide bonds. The van der Waals surface area contributed by atoms with Crippen LogP contribution in [0.4, 0.5) is 0 Å². The Balaban J connectivity index is 1.71. The summed E-state index contributed by atoms with van der Waals surface area (Å²) in [5, 5.41) is 1.16. The second-order valence-electron chi connectivity index (χ2n) is 7.53. The Morgan fingerprint density at radius 3 is 2.75 bits per heavy atom. The Hall–Kier alpha value is -1.38. The third kappa shape index (κ3) is 3.74. The van der Waals surface area contributed by atoms with Crippen molar-refractivity contribution in [1.29, 1.82) is 0 Å². The molecule has 4 rings (SSSR count). The summed E-state index contributed by atoms with van der Waals surface area (Å²) in [6, 6.07) is 0. The van der Waals surface area contributed by atoms with Gasteiger partial charge >= 0.3 is 0 Å². The molecule has 0 unspecified atom stereocenters. The SMILES string of the molecule is COCCn1c(S[C@@H](C)C(=O)N2CCCC2)nc2sc3c(c2c1=O)CCCC3. The highest BCUT2D eigenvalue weighted by Gasteiger charge is 2.27. The van der Waals surface area contributed by atoms with Crippen molar-refractivity contribution < 1.29 is 9.53 Å². The smallest absolute Gasteiger partial charge is 0.263 e. The molecule has 1 saturated heterocycles. The summed E-state index contributed by atoms with van der Waals surface area (Å²) < 4.78 is 6.94. The molecule has 0 N–H and O–H groups in total. The van der Waals surface area contributed by atoms with Gasteiger partial charge in [0.2, 0.25) is 5.91 Å². The second kappa shape index (κ2) is 8.55. The van der Waals surface area contributed by atoms with Crippen molar-refractivity contribution in [1.82, 2.24) is 14.5 Å². The number of carbonyl (C=O) groups excluding carboxylic acids is 1. The quantitative estimate of drug-likeness (QED) is 0.530. The van der Waals surface area contributed by atoms with E-state index in [0.717, 1.165) is 55.4 Å². The van der Waals surface area contributed by atoms with E-state index in [2.05, 4.69) is 0 Å². The predicted molar refractivity (Wildman–Crippen MR) is 114 cm³/mol. The van der Waals surface area contributed by atoms with Crippen LogP contribution >= 0.6 is 23.1 Å². The highest BCUT2D eigenvalue weighted by molar-refractivity contribution is 8.00. The van der Waals surface area contributed by atoms with Gasteiger partial charge in [0.1, 0.15) is 4.83 Å². The zero-order valence-electron chi connectivity index (χ0n) is 16.5. The van der Waals surface area contributed by atoms with Crippen LogP contribution in [0.25, 0.3) is 10.2 Å². The van der Waals surface area contributed by atoms with E-state index >= 15 is 0 Å². The molecule has 1 aliphatic heterocycles. The number of aromatic nitrogens is 2. The number of hydrogen-bond acceptors (Lipinski definition) is 6. The molecular formula is C20H27N3O3S2. The van der Waals surface area contributed by atoms with E-state index in [1.807, 2.05) is 11.8 Å². The lowest BCUT2D eigenvalue weighted by atomic mass is 9.97. The maximum atomic E-state index is 13.4. The van der Waals surface area contributed by atoms with Crippen molar-refractivity contribution in [3.05, 3.63) is 20.8 Å². The molecular weight excluding hydrogens is 394 g/mol. The maximum absolute atomic E-state index is 13.4. The van der Waals surface area contributed by atoms with Gasteiger partial charge in [-0.3, -0.25) is 14.2 Å². The van der Waals surface area contributed by atoms with Crippen LogP contribution in [-0.2, 0) is 28.9 Å². The van der Waals surface area contributed by atoms with Gasteiger partial charge < -0.3 is 9.64 Å². The van der Waals surface area contributed by atoms with E-state index < -0.39 is 0 Å². The Morgan fingerprint density at radius 1 is 1.25 bits per heavy atom. The fraction of sp³-hybridized carbons (Fsp3) is 0.650. The third-order valence-corrected chi connectivity index (χ3v) is 7.87. The van der Waals surface area contributed by atoms with E-state index in [9.17, 15) is 9.59 Å². The van der Waals surface area contributed by atoms with E-state index in [-0.39, 0.29) is 16.7 Å². The van der Waals surface area contributed by atoms with E-state index in [1.165, 1.54) is 28.6 Å². The van der Waals surface area contributed by atoms with Gasteiger partial charge in [0.05, 0.1) is 23.8 Å². The van der Waals surface area contributed by atoms with E-state index in [0.29, 0.717) is 18.3 Å². The highest BCUT2D eigenvalue weighted by Crippen LogP contribution is 2.35. The number of ether oxygens (including phenoxy) is 1. The molecule has 0 saturated carbocycles. The Kier molecular flexibility index (Phi) is 6.08. The van der Waals surface area contributed by atoms with E-state index in [1.54, 1.807) is 23.0 Å². The molecule has 152 valence electrons. The number of thiophene rings is 1. The van der Waals surface area contributed by atoms with Crippen molar-refractivity contribution in [2.45, 2.75) is 62.4 Å². The number of thioether (sulfide) groups is 1. The first-order valence-corrected chi connectivity index (χ1v) is 11.8. The summed E-state index contributed by atoms with van der Waals surface area (Å²) in [6.07, 6.45) is 6.47. The number of aryl methyl sites for hydroxylation is 2. The van der Waals surface area contributed by atoms with Crippen molar-refractivity contribution in [2.24, 2.45) is 0 Å².